The number of benzene rings is 1. The van der Waals surface area contributed by atoms with Gasteiger partial charge in [-0.15, -0.1) is 11.3 Å². The number of carboxylic acids is 1. The number of aromatic carboxylic acids is 1. The summed E-state index contributed by atoms with van der Waals surface area (Å²) in [5.74, 6) is 0.155. The number of carboxylic acid groups (broad SMARTS) is 1. The van der Waals surface area contributed by atoms with Crippen molar-refractivity contribution in [2.24, 2.45) is 0 Å². The first-order chi connectivity index (χ1) is 10.2. The summed E-state index contributed by atoms with van der Waals surface area (Å²) in [7, 11) is 0. The third kappa shape index (κ3) is 2.12. The van der Waals surface area contributed by atoms with Crippen LogP contribution in [0.3, 0.4) is 0 Å². The molecular formula is C17H13NO2S. The molecule has 1 fully saturated rings. The summed E-state index contributed by atoms with van der Waals surface area (Å²) < 4.78 is 0. The molecular weight excluding hydrogens is 282 g/mol. The molecule has 2 unspecified atom stereocenters. The zero-order valence-corrected chi connectivity index (χ0v) is 12.0. The quantitative estimate of drug-likeness (QED) is 0.785. The fraction of sp³-hybridized carbons (Fsp3) is 0.176. The molecule has 1 saturated carbocycles. The molecule has 2 aromatic heterocycles. The lowest BCUT2D eigenvalue weighted by atomic mass is 10.0. The normalized spacial score (nSPS) is 20.6. The van der Waals surface area contributed by atoms with Crippen LogP contribution in [-0.2, 0) is 0 Å². The van der Waals surface area contributed by atoms with Crippen molar-refractivity contribution in [2.75, 3.05) is 0 Å². The van der Waals surface area contributed by atoms with Crippen molar-refractivity contribution in [1.82, 2.24) is 4.98 Å². The highest BCUT2D eigenvalue weighted by Gasteiger charge is 2.40. The molecule has 0 radical (unpaired) electrons. The van der Waals surface area contributed by atoms with Crippen LogP contribution in [0.4, 0.5) is 0 Å². The van der Waals surface area contributed by atoms with Gasteiger partial charge in [0.1, 0.15) is 4.83 Å². The van der Waals surface area contributed by atoms with Crippen molar-refractivity contribution in [3.8, 4) is 0 Å². The molecule has 1 N–H and O–H groups in total. The molecule has 0 bridgehead atoms. The van der Waals surface area contributed by atoms with E-state index >= 15 is 0 Å². The van der Waals surface area contributed by atoms with E-state index in [0.29, 0.717) is 17.4 Å². The van der Waals surface area contributed by atoms with Gasteiger partial charge in [-0.05, 0) is 59.0 Å². The van der Waals surface area contributed by atoms with Crippen LogP contribution in [0.2, 0.25) is 0 Å². The Morgan fingerprint density at radius 3 is 2.71 bits per heavy atom. The lowest BCUT2D eigenvalue weighted by Crippen LogP contribution is -1.95. The first kappa shape index (κ1) is 12.5. The molecule has 3 aromatic rings. The highest BCUT2D eigenvalue weighted by atomic mass is 32.1. The number of thiophene rings is 1. The van der Waals surface area contributed by atoms with E-state index in [-0.39, 0.29) is 0 Å². The zero-order chi connectivity index (χ0) is 14.4. The second kappa shape index (κ2) is 4.67. The minimum Gasteiger partial charge on any atom is -0.478 e. The second-order valence-corrected chi connectivity index (χ2v) is 6.31. The van der Waals surface area contributed by atoms with Crippen LogP contribution in [-0.4, -0.2) is 16.1 Å². The van der Waals surface area contributed by atoms with Gasteiger partial charge in [0.05, 0.1) is 5.56 Å². The minimum atomic E-state index is -0.872. The molecule has 0 aliphatic heterocycles. The Bertz CT molecular complexity index is 822. The molecule has 21 heavy (non-hydrogen) atoms. The fourth-order valence-electron chi connectivity index (χ4n) is 3.00. The standard InChI is InChI=1S/C17H13NO2S/c19-17(20)11-3-1-10(2-4-11)14-9-15(14)12-5-7-18-16-13(12)6-8-21-16/h1-8,14-15H,9H2,(H,19,20). The van der Waals surface area contributed by atoms with Gasteiger partial charge in [0.15, 0.2) is 0 Å². The van der Waals surface area contributed by atoms with E-state index in [4.69, 9.17) is 5.11 Å². The van der Waals surface area contributed by atoms with E-state index in [1.807, 2.05) is 18.3 Å². The van der Waals surface area contributed by atoms with Crippen molar-refractivity contribution in [1.29, 1.82) is 0 Å². The molecule has 0 saturated heterocycles. The summed E-state index contributed by atoms with van der Waals surface area (Å²) in [5.41, 5.74) is 2.94. The molecule has 3 nitrogen and oxygen atoms in total. The molecule has 104 valence electrons. The number of hydrogen-bond acceptors (Lipinski definition) is 3. The van der Waals surface area contributed by atoms with Gasteiger partial charge >= 0.3 is 5.97 Å². The third-order valence-corrected chi connectivity index (χ3v) is 5.00. The molecule has 1 aliphatic carbocycles. The van der Waals surface area contributed by atoms with Gasteiger partial charge in [-0.2, -0.15) is 0 Å². The van der Waals surface area contributed by atoms with E-state index in [9.17, 15) is 4.79 Å². The van der Waals surface area contributed by atoms with E-state index < -0.39 is 5.97 Å². The van der Waals surface area contributed by atoms with Crippen molar-refractivity contribution >= 4 is 27.5 Å². The average Bonchev–Trinajstić information content (AvgIpc) is 3.15. The Morgan fingerprint density at radius 1 is 1.14 bits per heavy atom. The Hall–Kier alpha value is -2.20. The predicted octanol–water partition coefficient (Wildman–Crippen LogP) is 4.27. The van der Waals surface area contributed by atoms with E-state index in [2.05, 4.69) is 22.5 Å². The number of carbonyl (C=O) groups is 1. The highest BCUT2D eigenvalue weighted by Crippen LogP contribution is 2.56. The fourth-order valence-corrected chi connectivity index (χ4v) is 3.77. The summed E-state index contributed by atoms with van der Waals surface area (Å²) >= 11 is 1.67. The number of rotatable bonds is 3. The van der Waals surface area contributed by atoms with Crippen LogP contribution in [0.25, 0.3) is 10.2 Å². The Morgan fingerprint density at radius 2 is 1.95 bits per heavy atom. The average molecular weight is 295 g/mol. The van der Waals surface area contributed by atoms with Gasteiger partial charge in [0, 0.05) is 11.6 Å². The van der Waals surface area contributed by atoms with Gasteiger partial charge < -0.3 is 5.11 Å². The Labute approximate surface area is 125 Å². The number of pyridine rings is 1. The van der Waals surface area contributed by atoms with Gasteiger partial charge in [-0.3, -0.25) is 0 Å². The predicted molar refractivity (Wildman–Crippen MR) is 83.1 cm³/mol. The number of nitrogens with zero attached hydrogens (tertiary/aromatic N) is 1. The molecule has 2 atom stereocenters. The summed E-state index contributed by atoms with van der Waals surface area (Å²) in [6.45, 7) is 0. The summed E-state index contributed by atoms with van der Waals surface area (Å²) in [6, 6.07) is 11.5. The van der Waals surface area contributed by atoms with Crippen molar-refractivity contribution in [3.05, 3.63) is 64.7 Å². The smallest absolute Gasteiger partial charge is 0.335 e. The third-order valence-electron chi connectivity index (χ3n) is 4.18. The lowest BCUT2D eigenvalue weighted by molar-refractivity contribution is 0.0697. The molecule has 0 amide bonds. The van der Waals surface area contributed by atoms with Gasteiger partial charge in [0.25, 0.3) is 0 Å². The van der Waals surface area contributed by atoms with Crippen molar-refractivity contribution in [3.63, 3.8) is 0 Å². The number of fused-ring (bicyclic) bond motifs is 1. The molecule has 1 aliphatic rings. The first-order valence-corrected chi connectivity index (χ1v) is 7.77. The Kier molecular flexibility index (Phi) is 2.79. The van der Waals surface area contributed by atoms with Crippen LogP contribution >= 0.6 is 11.3 Å². The van der Waals surface area contributed by atoms with Crippen LogP contribution in [0.1, 0.15) is 39.7 Å². The van der Waals surface area contributed by atoms with Gasteiger partial charge in [-0.25, -0.2) is 9.78 Å². The minimum absolute atomic E-state index is 0.347. The van der Waals surface area contributed by atoms with Crippen LogP contribution < -0.4 is 0 Å². The molecule has 2 heterocycles. The van der Waals surface area contributed by atoms with Crippen LogP contribution in [0.5, 0.6) is 0 Å². The zero-order valence-electron chi connectivity index (χ0n) is 11.2. The Balaban J connectivity index is 1.63. The highest BCUT2D eigenvalue weighted by molar-refractivity contribution is 7.16. The first-order valence-electron chi connectivity index (χ1n) is 6.89. The SMILES string of the molecule is O=C(O)c1ccc(C2CC2c2ccnc3sccc23)cc1. The van der Waals surface area contributed by atoms with Gasteiger partial charge in [-0.1, -0.05) is 12.1 Å². The monoisotopic (exact) mass is 295 g/mol. The molecule has 4 heteroatoms. The summed E-state index contributed by atoms with van der Waals surface area (Å²) in [4.78, 5) is 16.4. The second-order valence-electron chi connectivity index (χ2n) is 5.42. The maximum Gasteiger partial charge on any atom is 0.335 e. The maximum atomic E-state index is 10.9. The van der Waals surface area contributed by atoms with Crippen LogP contribution in [0.15, 0.2) is 48.0 Å². The van der Waals surface area contributed by atoms with Crippen molar-refractivity contribution in [2.45, 2.75) is 18.3 Å². The number of aromatic nitrogens is 1. The largest absolute Gasteiger partial charge is 0.478 e. The summed E-state index contributed by atoms with van der Waals surface area (Å²) in [6.07, 6.45) is 3.01. The maximum absolute atomic E-state index is 10.9. The van der Waals surface area contributed by atoms with Crippen molar-refractivity contribution < 1.29 is 9.90 Å². The van der Waals surface area contributed by atoms with E-state index in [0.717, 1.165) is 11.3 Å². The summed E-state index contributed by atoms with van der Waals surface area (Å²) in [5, 5.41) is 12.3. The lowest BCUT2D eigenvalue weighted by Gasteiger charge is -2.03. The van der Waals surface area contributed by atoms with E-state index in [1.165, 1.54) is 16.5 Å². The molecule has 1 aromatic carbocycles. The van der Waals surface area contributed by atoms with Crippen LogP contribution in [0, 0.1) is 0 Å². The molecule has 0 spiro atoms. The van der Waals surface area contributed by atoms with E-state index in [1.54, 1.807) is 23.5 Å². The van der Waals surface area contributed by atoms with Gasteiger partial charge in [0.2, 0.25) is 0 Å². The number of hydrogen-bond donors (Lipinski definition) is 1. The topological polar surface area (TPSA) is 50.2 Å². The molecule has 4 rings (SSSR count).